The molecule has 19 heavy (non-hydrogen) atoms. The van der Waals surface area contributed by atoms with Crippen LogP contribution < -0.4 is 11.1 Å². The second-order valence-electron chi connectivity index (χ2n) is 4.03. The molecule has 1 amide bonds. The Labute approximate surface area is 114 Å². The van der Waals surface area contributed by atoms with E-state index in [0.29, 0.717) is 19.7 Å². The molecule has 0 saturated carbocycles. The molecule has 0 aromatic heterocycles. The fourth-order valence-corrected chi connectivity index (χ4v) is 1.42. The van der Waals surface area contributed by atoms with Crippen molar-refractivity contribution in [3.05, 3.63) is 35.4 Å². The first-order valence-corrected chi connectivity index (χ1v) is 6.38. The van der Waals surface area contributed by atoms with Crippen LogP contribution in [0.25, 0.3) is 0 Å². The van der Waals surface area contributed by atoms with Crippen LogP contribution in [0.3, 0.4) is 0 Å². The van der Waals surface area contributed by atoms with Crippen molar-refractivity contribution in [1.29, 1.82) is 0 Å². The summed E-state index contributed by atoms with van der Waals surface area (Å²) in [6.45, 7) is 3.59. The summed E-state index contributed by atoms with van der Waals surface area (Å²) in [6, 6.07) is 7.71. The van der Waals surface area contributed by atoms with Gasteiger partial charge in [0.1, 0.15) is 6.61 Å². The van der Waals surface area contributed by atoms with Crippen molar-refractivity contribution in [3.63, 3.8) is 0 Å². The second-order valence-corrected chi connectivity index (χ2v) is 4.03. The summed E-state index contributed by atoms with van der Waals surface area (Å²) in [5.41, 5.74) is 7.26. The largest absolute Gasteiger partial charge is 0.372 e. The number of hydrogen-bond donors (Lipinski definition) is 2. The van der Waals surface area contributed by atoms with Crippen molar-refractivity contribution in [1.82, 2.24) is 5.32 Å². The van der Waals surface area contributed by atoms with Gasteiger partial charge in [-0.25, -0.2) is 0 Å². The van der Waals surface area contributed by atoms with Gasteiger partial charge in [0.2, 0.25) is 5.91 Å². The number of amides is 1. The molecule has 0 bridgehead atoms. The second kappa shape index (κ2) is 9.15. The van der Waals surface area contributed by atoms with Gasteiger partial charge in [-0.2, -0.15) is 0 Å². The number of benzene rings is 1. The van der Waals surface area contributed by atoms with E-state index in [1.54, 1.807) is 0 Å². The Morgan fingerprint density at radius 1 is 1.37 bits per heavy atom. The third kappa shape index (κ3) is 6.61. The molecule has 0 unspecified atom stereocenters. The maximum absolute atomic E-state index is 11.4. The summed E-state index contributed by atoms with van der Waals surface area (Å²) in [6.07, 6.45) is 0.915. The lowest BCUT2D eigenvalue weighted by atomic mass is 10.1. The Morgan fingerprint density at radius 2 is 2.11 bits per heavy atom. The SMILES string of the molecule is CCCOCC(=O)NCc1ccc(C#CCN)cc1. The molecular formula is C15H20N2O2. The Bertz CT molecular complexity index is 443. The zero-order valence-corrected chi connectivity index (χ0v) is 11.2. The molecule has 4 nitrogen and oxygen atoms in total. The van der Waals surface area contributed by atoms with E-state index in [2.05, 4.69) is 17.2 Å². The van der Waals surface area contributed by atoms with Gasteiger partial charge in [0.15, 0.2) is 0 Å². The average Bonchev–Trinajstić information content (AvgIpc) is 2.44. The van der Waals surface area contributed by atoms with Gasteiger partial charge in [-0.3, -0.25) is 4.79 Å². The van der Waals surface area contributed by atoms with Crippen molar-refractivity contribution >= 4 is 5.91 Å². The van der Waals surface area contributed by atoms with Gasteiger partial charge < -0.3 is 15.8 Å². The molecule has 0 heterocycles. The highest BCUT2D eigenvalue weighted by atomic mass is 16.5. The number of carbonyl (C=O) groups is 1. The monoisotopic (exact) mass is 260 g/mol. The summed E-state index contributed by atoms with van der Waals surface area (Å²) >= 11 is 0. The van der Waals surface area contributed by atoms with Crippen molar-refractivity contribution in [2.24, 2.45) is 5.73 Å². The lowest BCUT2D eigenvalue weighted by Gasteiger charge is -2.06. The number of nitrogens with two attached hydrogens (primary N) is 1. The first-order valence-electron chi connectivity index (χ1n) is 6.38. The number of carbonyl (C=O) groups excluding carboxylic acids is 1. The Hall–Kier alpha value is -1.83. The lowest BCUT2D eigenvalue weighted by molar-refractivity contribution is -0.125. The van der Waals surface area contributed by atoms with Gasteiger partial charge in [0.05, 0.1) is 6.54 Å². The number of ether oxygens (including phenoxy) is 1. The van der Waals surface area contributed by atoms with E-state index in [9.17, 15) is 4.79 Å². The van der Waals surface area contributed by atoms with Crippen molar-refractivity contribution in [2.75, 3.05) is 19.8 Å². The molecule has 0 fully saturated rings. The number of hydrogen-bond acceptors (Lipinski definition) is 3. The van der Waals surface area contributed by atoms with Gasteiger partial charge in [-0.05, 0) is 24.1 Å². The quantitative estimate of drug-likeness (QED) is 0.593. The highest BCUT2D eigenvalue weighted by Crippen LogP contribution is 2.02. The summed E-state index contributed by atoms with van der Waals surface area (Å²) < 4.78 is 5.15. The molecule has 0 aliphatic heterocycles. The van der Waals surface area contributed by atoms with Crippen LogP contribution in [-0.4, -0.2) is 25.7 Å². The highest BCUT2D eigenvalue weighted by molar-refractivity contribution is 5.77. The molecular weight excluding hydrogens is 240 g/mol. The van der Waals surface area contributed by atoms with Crippen LogP contribution in [0.4, 0.5) is 0 Å². The van der Waals surface area contributed by atoms with Gasteiger partial charge in [0, 0.05) is 18.7 Å². The fraction of sp³-hybridized carbons (Fsp3) is 0.400. The number of rotatable bonds is 6. The van der Waals surface area contributed by atoms with Crippen LogP contribution in [0, 0.1) is 11.8 Å². The summed E-state index contributed by atoms with van der Waals surface area (Å²) in [4.78, 5) is 11.4. The molecule has 1 aromatic carbocycles. The maximum Gasteiger partial charge on any atom is 0.246 e. The molecule has 0 radical (unpaired) electrons. The molecule has 102 valence electrons. The Balaban J connectivity index is 2.35. The van der Waals surface area contributed by atoms with Gasteiger partial charge in [0.25, 0.3) is 0 Å². The van der Waals surface area contributed by atoms with E-state index in [1.165, 1.54) is 0 Å². The normalized spacial score (nSPS) is 9.58. The zero-order chi connectivity index (χ0) is 13.9. The molecule has 0 aliphatic carbocycles. The van der Waals surface area contributed by atoms with Crippen molar-refractivity contribution in [2.45, 2.75) is 19.9 Å². The van der Waals surface area contributed by atoms with E-state index in [4.69, 9.17) is 10.5 Å². The minimum Gasteiger partial charge on any atom is -0.372 e. The van der Waals surface area contributed by atoms with E-state index in [0.717, 1.165) is 17.5 Å². The summed E-state index contributed by atoms with van der Waals surface area (Å²) in [5, 5.41) is 2.80. The van der Waals surface area contributed by atoms with Crippen LogP contribution >= 0.6 is 0 Å². The van der Waals surface area contributed by atoms with Crippen LogP contribution in [0.2, 0.25) is 0 Å². The van der Waals surface area contributed by atoms with Gasteiger partial charge >= 0.3 is 0 Å². The highest BCUT2D eigenvalue weighted by Gasteiger charge is 2.00. The molecule has 1 rings (SSSR count). The van der Waals surface area contributed by atoms with Gasteiger partial charge in [-0.15, -0.1) is 0 Å². The zero-order valence-electron chi connectivity index (χ0n) is 11.2. The third-order valence-electron chi connectivity index (χ3n) is 2.36. The first-order chi connectivity index (χ1) is 9.26. The predicted molar refractivity (Wildman–Crippen MR) is 75.3 cm³/mol. The molecule has 3 N–H and O–H groups in total. The first kappa shape index (κ1) is 15.2. The standard InChI is InChI=1S/C15H20N2O2/c1-2-10-19-12-15(18)17-11-14-7-5-13(6-8-14)4-3-9-16/h5-8H,2,9-12,16H2,1H3,(H,17,18). The average molecular weight is 260 g/mol. The molecule has 1 aromatic rings. The molecule has 0 atom stereocenters. The smallest absolute Gasteiger partial charge is 0.246 e. The molecule has 0 saturated heterocycles. The molecule has 0 aliphatic rings. The summed E-state index contributed by atoms with van der Waals surface area (Å²) in [5.74, 6) is 5.65. The molecule has 0 spiro atoms. The van der Waals surface area contributed by atoms with Crippen LogP contribution in [0.15, 0.2) is 24.3 Å². The summed E-state index contributed by atoms with van der Waals surface area (Å²) in [7, 11) is 0. The van der Waals surface area contributed by atoms with Gasteiger partial charge in [-0.1, -0.05) is 30.9 Å². The maximum atomic E-state index is 11.4. The van der Waals surface area contributed by atoms with Crippen LogP contribution in [0.1, 0.15) is 24.5 Å². The topological polar surface area (TPSA) is 64.3 Å². The van der Waals surface area contributed by atoms with E-state index in [-0.39, 0.29) is 12.5 Å². The predicted octanol–water partition coefficient (Wildman–Crippen LogP) is 1.04. The van der Waals surface area contributed by atoms with Crippen molar-refractivity contribution in [3.8, 4) is 11.8 Å². The number of nitrogens with one attached hydrogen (secondary N) is 1. The Morgan fingerprint density at radius 3 is 2.74 bits per heavy atom. The van der Waals surface area contributed by atoms with E-state index in [1.807, 2.05) is 31.2 Å². The van der Waals surface area contributed by atoms with Crippen LogP contribution in [0.5, 0.6) is 0 Å². The third-order valence-corrected chi connectivity index (χ3v) is 2.36. The molecule has 4 heteroatoms. The minimum atomic E-state index is -0.0968. The Kier molecular flexibility index (Phi) is 7.33. The van der Waals surface area contributed by atoms with E-state index >= 15 is 0 Å². The van der Waals surface area contributed by atoms with E-state index < -0.39 is 0 Å². The van der Waals surface area contributed by atoms with Crippen molar-refractivity contribution < 1.29 is 9.53 Å². The fourth-order valence-electron chi connectivity index (χ4n) is 1.42. The van der Waals surface area contributed by atoms with Crippen LogP contribution in [-0.2, 0) is 16.1 Å². The minimum absolute atomic E-state index is 0.0968. The lowest BCUT2D eigenvalue weighted by Crippen LogP contribution is -2.27.